The molecule has 0 radical (unpaired) electrons. The number of thiazole rings is 1. The lowest BCUT2D eigenvalue weighted by atomic mass is 10.4. The molecule has 1 unspecified atom stereocenters. The predicted octanol–water partition coefficient (Wildman–Crippen LogP) is 1.32. The fraction of sp³-hybridized carbons (Fsp3) is 0.250. The van der Waals surface area contributed by atoms with Gasteiger partial charge in [-0.2, -0.15) is 0 Å². The van der Waals surface area contributed by atoms with E-state index in [4.69, 9.17) is 11.2 Å². The van der Waals surface area contributed by atoms with Crippen LogP contribution in [0.1, 0.15) is 17.4 Å². The van der Waals surface area contributed by atoms with Gasteiger partial charge >= 0.3 is 5.97 Å². The highest BCUT2D eigenvalue weighted by Crippen LogP contribution is 2.04. The summed E-state index contributed by atoms with van der Waals surface area (Å²) in [6.45, 7) is 1.63. The topological polar surface area (TPSA) is 39.2 Å². The molecule has 0 spiro atoms. The Morgan fingerprint density at radius 3 is 3.17 bits per heavy atom. The van der Waals surface area contributed by atoms with Crippen LogP contribution in [0.25, 0.3) is 0 Å². The quantitative estimate of drug-likeness (QED) is 0.510. The van der Waals surface area contributed by atoms with Gasteiger partial charge in [0.05, 0.1) is 5.51 Å². The van der Waals surface area contributed by atoms with Crippen molar-refractivity contribution in [2.75, 3.05) is 0 Å². The molecule has 0 aliphatic carbocycles. The maximum Gasteiger partial charge on any atom is 0.359 e. The molecule has 0 aromatic carbocycles. The zero-order valence-corrected chi connectivity index (χ0v) is 7.30. The van der Waals surface area contributed by atoms with E-state index in [-0.39, 0.29) is 0 Å². The van der Waals surface area contributed by atoms with E-state index in [2.05, 4.69) is 10.9 Å². The standard InChI is InChI=1S/C8H7NO2S/c1-3-6(2)11-8(10)7-4-12-5-9-7/h1,4-6H,2H3. The van der Waals surface area contributed by atoms with Crippen molar-refractivity contribution in [1.29, 1.82) is 0 Å². The zero-order valence-electron chi connectivity index (χ0n) is 6.48. The monoisotopic (exact) mass is 181 g/mol. The van der Waals surface area contributed by atoms with Crippen molar-refractivity contribution in [3.63, 3.8) is 0 Å². The number of carbonyl (C=O) groups excluding carboxylic acids is 1. The first-order chi connectivity index (χ1) is 5.74. The molecule has 1 heterocycles. The molecule has 4 heteroatoms. The van der Waals surface area contributed by atoms with E-state index in [0.29, 0.717) is 5.69 Å². The molecule has 0 amide bonds. The van der Waals surface area contributed by atoms with Crippen LogP contribution in [0.5, 0.6) is 0 Å². The first-order valence-corrected chi connectivity index (χ1v) is 4.23. The lowest BCUT2D eigenvalue weighted by molar-refractivity contribution is 0.0433. The Hall–Kier alpha value is -1.34. The maximum absolute atomic E-state index is 11.1. The summed E-state index contributed by atoms with van der Waals surface area (Å²) in [6, 6.07) is 0. The molecule has 0 aliphatic heterocycles. The smallest absolute Gasteiger partial charge is 0.359 e. The molecular weight excluding hydrogens is 174 g/mol. The molecular formula is C8H7NO2S. The summed E-state index contributed by atoms with van der Waals surface area (Å²) in [5.74, 6) is 1.82. The predicted molar refractivity (Wildman–Crippen MR) is 45.8 cm³/mol. The Bertz CT molecular complexity index is 299. The molecule has 1 rings (SSSR count). The van der Waals surface area contributed by atoms with Crippen LogP contribution in [-0.4, -0.2) is 17.1 Å². The SMILES string of the molecule is C#CC(C)OC(=O)c1cscn1. The summed E-state index contributed by atoms with van der Waals surface area (Å²) < 4.78 is 4.81. The average molecular weight is 181 g/mol. The molecule has 1 atom stereocenters. The molecule has 0 aliphatic rings. The van der Waals surface area contributed by atoms with Crippen LogP contribution >= 0.6 is 11.3 Å². The fourth-order valence-electron chi connectivity index (χ4n) is 0.568. The van der Waals surface area contributed by atoms with Crippen molar-refractivity contribution in [2.45, 2.75) is 13.0 Å². The minimum Gasteiger partial charge on any atom is -0.445 e. The Balaban J connectivity index is 2.57. The lowest BCUT2D eigenvalue weighted by Crippen LogP contribution is -2.13. The average Bonchev–Trinajstić information content (AvgIpc) is 2.56. The van der Waals surface area contributed by atoms with E-state index in [9.17, 15) is 4.79 Å². The largest absolute Gasteiger partial charge is 0.445 e. The summed E-state index contributed by atoms with van der Waals surface area (Å²) >= 11 is 1.34. The third-order valence-corrected chi connectivity index (χ3v) is 1.75. The van der Waals surface area contributed by atoms with Gasteiger partial charge in [-0.15, -0.1) is 17.8 Å². The molecule has 0 fully saturated rings. The van der Waals surface area contributed by atoms with Gasteiger partial charge in [0, 0.05) is 5.38 Å². The van der Waals surface area contributed by atoms with Gasteiger partial charge in [0.15, 0.2) is 11.8 Å². The molecule has 62 valence electrons. The number of ether oxygens (including phenoxy) is 1. The van der Waals surface area contributed by atoms with Gasteiger partial charge in [-0.1, -0.05) is 5.92 Å². The van der Waals surface area contributed by atoms with E-state index >= 15 is 0 Å². The number of rotatable bonds is 2. The molecule has 0 N–H and O–H groups in total. The van der Waals surface area contributed by atoms with Gasteiger partial charge in [0.25, 0.3) is 0 Å². The number of aromatic nitrogens is 1. The lowest BCUT2D eigenvalue weighted by Gasteiger charge is -2.03. The van der Waals surface area contributed by atoms with Gasteiger partial charge in [-0.05, 0) is 6.92 Å². The van der Waals surface area contributed by atoms with Gasteiger partial charge in [-0.25, -0.2) is 9.78 Å². The van der Waals surface area contributed by atoms with Crippen LogP contribution < -0.4 is 0 Å². The minimum absolute atomic E-state index is 0.308. The van der Waals surface area contributed by atoms with E-state index in [1.165, 1.54) is 11.3 Å². The second kappa shape index (κ2) is 3.88. The molecule has 12 heavy (non-hydrogen) atoms. The highest BCUT2D eigenvalue weighted by atomic mass is 32.1. The highest BCUT2D eigenvalue weighted by molar-refractivity contribution is 7.07. The Morgan fingerprint density at radius 2 is 2.67 bits per heavy atom. The van der Waals surface area contributed by atoms with Gasteiger partial charge in [-0.3, -0.25) is 0 Å². The second-order valence-corrected chi connectivity index (χ2v) is 2.81. The summed E-state index contributed by atoms with van der Waals surface area (Å²) in [7, 11) is 0. The van der Waals surface area contributed by atoms with Crippen LogP contribution in [0.2, 0.25) is 0 Å². The van der Waals surface area contributed by atoms with E-state index in [1.807, 2.05) is 0 Å². The Kier molecular flexibility index (Phi) is 2.83. The Labute approximate surface area is 74.4 Å². The van der Waals surface area contributed by atoms with Gasteiger partial charge in [0.1, 0.15) is 0 Å². The molecule has 3 nitrogen and oxygen atoms in total. The van der Waals surface area contributed by atoms with Crippen molar-refractivity contribution in [3.8, 4) is 12.3 Å². The van der Waals surface area contributed by atoms with Crippen molar-refractivity contribution >= 4 is 17.3 Å². The number of hydrogen-bond donors (Lipinski definition) is 0. The number of carbonyl (C=O) groups is 1. The highest BCUT2D eigenvalue weighted by Gasteiger charge is 2.11. The third kappa shape index (κ3) is 2.07. The van der Waals surface area contributed by atoms with Gasteiger partial charge in [0.2, 0.25) is 0 Å². The van der Waals surface area contributed by atoms with Crippen molar-refractivity contribution in [2.24, 2.45) is 0 Å². The maximum atomic E-state index is 11.1. The molecule has 1 aromatic rings. The van der Waals surface area contributed by atoms with Gasteiger partial charge < -0.3 is 4.74 Å². The van der Waals surface area contributed by atoms with E-state index in [0.717, 1.165) is 0 Å². The van der Waals surface area contributed by atoms with E-state index in [1.54, 1.807) is 17.8 Å². The zero-order chi connectivity index (χ0) is 8.97. The first kappa shape index (κ1) is 8.75. The molecule has 0 bridgehead atoms. The number of terminal acetylenes is 1. The van der Waals surface area contributed by atoms with E-state index < -0.39 is 12.1 Å². The van der Waals surface area contributed by atoms with Crippen molar-refractivity contribution in [1.82, 2.24) is 4.98 Å². The molecule has 0 saturated carbocycles. The second-order valence-electron chi connectivity index (χ2n) is 2.09. The normalized spacial score (nSPS) is 11.7. The van der Waals surface area contributed by atoms with Crippen LogP contribution in [0.3, 0.4) is 0 Å². The van der Waals surface area contributed by atoms with Crippen LogP contribution in [0, 0.1) is 12.3 Å². The van der Waals surface area contributed by atoms with Crippen molar-refractivity contribution < 1.29 is 9.53 Å². The fourth-order valence-corrected chi connectivity index (χ4v) is 1.09. The molecule has 0 saturated heterocycles. The van der Waals surface area contributed by atoms with Crippen LogP contribution in [0.4, 0.5) is 0 Å². The summed E-state index contributed by atoms with van der Waals surface area (Å²) in [6.07, 6.45) is 4.53. The third-order valence-electron chi connectivity index (χ3n) is 1.16. The number of hydrogen-bond acceptors (Lipinski definition) is 4. The van der Waals surface area contributed by atoms with Crippen LogP contribution in [-0.2, 0) is 4.74 Å². The number of nitrogens with zero attached hydrogens (tertiary/aromatic N) is 1. The summed E-state index contributed by atoms with van der Waals surface area (Å²) in [4.78, 5) is 14.9. The summed E-state index contributed by atoms with van der Waals surface area (Å²) in [5, 5.41) is 1.62. The van der Waals surface area contributed by atoms with Crippen LogP contribution in [0.15, 0.2) is 10.9 Å². The summed E-state index contributed by atoms with van der Waals surface area (Å²) in [5.41, 5.74) is 1.87. The van der Waals surface area contributed by atoms with Crippen molar-refractivity contribution in [3.05, 3.63) is 16.6 Å². The number of esters is 1. The minimum atomic E-state index is -0.501. The first-order valence-electron chi connectivity index (χ1n) is 3.29. The molecule has 1 aromatic heterocycles. The Morgan fingerprint density at radius 1 is 1.92 bits per heavy atom.